The SMILES string of the molecule is CC/C=C/c1ccc(C#Cc2ccc(CCC3CCC(CCCC)CC3)cc2)cc1. The lowest BCUT2D eigenvalue weighted by atomic mass is 9.78. The molecule has 0 bridgehead atoms. The second kappa shape index (κ2) is 12.4. The van der Waals surface area contributed by atoms with Crippen molar-refractivity contribution < 1.29 is 0 Å². The molecule has 2 aromatic rings. The molecule has 30 heavy (non-hydrogen) atoms. The molecular weight excluding hydrogens is 360 g/mol. The minimum Gasteiger partial charge on any atom is -0.0842 e. The van der Waals surface area contributed by atoms with Crippen LogP contribution in [0.15, 0.2) is 54.6 Å². The summed E-state index contributed by atoms with van der Waals surface area (Å²) < 4.78 is 0. The van der Waals surface area contributed by atoms with Gasteiger partial charge < -0.3 is 0 Å². The third-order valence-corrected chi connectivity index (χ3v) is 6.54. The summed E-state index contributed by atoms with van der Waals surface area (Å²) in [6, 6.07) is 17.4. The topological polar surface area (TPSA) is 0 Å². The second-order valence-electron chi connectivity index (χ2n) is 8.95. The molecular formula is C30H38. The maximum atomic E-state index is 3.31. The number of allylic oxidation sites excluding steroid dienone is 1. The minimum atomic E-state index is 0.942. The van der Waals surface area contributed by atoms with Crippen molar-refractivity contribution >= 4 is 6.08 Å². The first-order chi connectivity index (χ1) is 14.8. The summed E-state index contributed by atoms with van der Waals surface area (Å²) in [7, 11) is 0. The quantitative estimate of drug-likeness (QED) is 0.391. The zero-order chi connectivity index (χ0) is 21.0. The Morgan fingerprint density at radius 2 is 1.33 bits per heavy atom. The fourth-order valence-electron chi connectivity index (χ4n) is 4.50. The van der Waals surface area contributed by atoms with Crippen molar-refractivity contribution in [3.8, 4) is 11.8 Å². The summed E-state index contributed by atoms with van der Waals surface area (Å²) in [5.41, 5.74) is 4.87. The van der Waals surface area contributed by atoms with E-state index >= 15 is 0 Å². The molecule has 0 aromatic heterocycles. The molecule has 0 atom stereocenters. The number of benzene rings is 2. The van der Waals surface area contributed by atoms with E-state index in [4.69, 9.17) is 0 Å². The molecule has 1 fully saturated rings. The van der Waals surface area contributed by atoms with Crippen LogP contribution in [0.4, 0.5) is 0 Å². The van der Waals surface area contributed by atoms with Crippen molar-refractivity contribution in [1.29, 1.82) is 0 Å². The normalized spacial score (nSPS) is 18.9. The molecule has 1 aliphatic carbocycles. The van der Waals surface area contributed by atoms with Crippen molar-refractivity contribution in [3.05, 3.63) is 76.9 Å². The van der Waals surface area contributed by atoms with E-state index < -0.39 is 0 Å². The van der Waals surface area contributed by atoms with E-state index in [0.29, 0.717) is 0 Å². The van der Waals surface area contributed by atoms with Gasteiger partial charge in [0.1, 0.15) is 0 Å². The van der Waals surface area contributed by atoms with Gasteiger partial charge in [-0.05, 0) is 66.5 Å². The highest BCUT2D eigenvalue weighted by Crippen LogP contribution is 2.34. The molecule has 158 valence electrons. The Hall–Kier alpha value is -2.26. The molecule has 0 heteroatoms. The molecule has 0 heterocycles. The van der Waals surface area contributed by atoms with Crippen LogP contribution < -0.4 is 0 Å². The molecule has 0 spiro atoms. The highest BCUT2D eigenvalue weighted by Gasteiger charge is 2.20. The molecule has 0 nitrogen and oxygen atoms in total. The van der Waals surface area contributed by atoms with Gasteiger partial charge in [-0.1, -0.05) is 107 Å². The van der Waals surface area contributed by atoms with Crippen LogP contribution in [0.5, 0.6) is 0 Å². The highest BCUT2D eigenvalue weighted by molar-refractivity contribution is 5.52. The van der Waals surface area contributed by atoms with Gasteiger partial charge in [-0.2, -0.15) is 0 Å². The third kappa shape index (κ3) is 7.53. The van der Waals surface area contributed by atoms with Crippen molar-refractivity contribution in [2.24, 2.45) is 11.8 Å². The predicted octanol–water partition coefficient (Wildman–Crippen LogP) is 8.44. The number of unbranched alkanes of at least 4 members (excludes halogenated alkanes) is 1. The Morgan fingerprint density at radius 3 is 1.90 bits per heavy atom. The van der Waals surface area contributed by atoms with Crippen LogP contribution in [0, 0.1) is 23.7 Å². The van der Waals surface area contributed by atoms with Crippen LogP contribution in [0.1, 0.15) is 93.9 Å². The van der Waals surface area contributed by atoms with Crippen molar-refractivity contribution in [2.75, 3.05) is 0 Å². The van der Waals surface area contributed by atoms with Crippen molar-refractivity contribution in [2.45, 2.75) is 78.1 Å². The van der Waals surface area contributed by atoms with E-state index in [2.05, 4.69) is 86.4 Å². The van der Waals surface area contributed by atoms with Crippen molar-refractivity contribution in [3.63, 3.8) is 0 Å². The lowest BCUT2D eigenvalue weighted by Gasteiger charge is -2.28. The lowest BCUT2D eigenvalue weighted by Crippen LogP contribution is -2.15. The summed E-state index contributed by atoms with van der Waals surface area (Å²) in [6.07, 6.45) is 18.0. The summed E-state index contributed by atoms with van der Waals surface area (Å²) in [4.78, 5) is 0. The first-order valence-electron chi connectivity index (χ1n) is 12.1. The number of hydrogen-bond donors (Lipinski definition) is 0. The molecule has 2 aromatic carbocycles. The van der Waals surface area contributed by atoms with Gasteiger partial charge >= 0.3 is 0 Å². The van der Waals surface area contributed by atoms with Gasteiger partial charge in [0, 0.05) is 11.1 Å². The van der Waals surface area contributed by atoms with E-state index in [1.807, 2.05) is 0 Å². The Balaban J connectivity index is 1.44. The summed E-state index contributed by atoms with van der Waals surface area (Å²) in [5, 5.41) is 0. The average Bonchev–Trinajstić information content (AvgIpc) is 2.80. The van der Waals surface area contributed by atoms with Gasteiger partial charge in [0.25, 0.3) is 0 Å². The molecule has 0 aliphatic heterocycles. The van der Waals surface area contributed by atoms with Crippen molar-refractivity contribution in [1.82, 2.24) is 0 Å². The average molecular weight is 399 g/mol. The van der Waals surface area contributed by atoms with Crippen LogP contribution >= 0.6 is 0 Å². The van der Waals surface area contributed by atoms with E-state index in [1.54, 1.807) is 0 Å². The van der Waals surface area contributed by atoms with Gasteiger partial charge in [0.15, 0.2) is 0 Å². The van der Waals surface area contributed by atoms with Gasteiger partial charge in [-0.15, -0.1) is 0 Å². The molecule has 1 aliphatic rings. The first kappa shape index (κ1) is 22.4. The molecule has 0 N–H and O–H groups in total. The summed E-state index contributed by atoms with van der Waals surface area (Å²) in [6.45, 7) is 4.47. The highest BCUT2D eigenvalue weighted by atomic mass is 14.3. The molecule has 1 saturated carbocycles. The van der Waals surface area contributed by atoms with E-state index in [0.717, 1.165) is 29.4 Å². The zero-order valence-corrected chi connectivity index (χ0v) is 19.0. The fourth-order valence-corrected chi connectivity index (χ4v) is 4.50. The predicted molar refractivity (Wildman–Crippen MR) is 131 cm³/mol. The summed E-state index contributed by atoms with van der Waals surface area (Å²) in [5.74, 6) is 8.56. The Labute approximate surface area is 184 Å². The molecule has 0 saturated heterocycles. The number of hydrogen-bond acceptors (Lipinski definition) is 0. The number of rotatable bonds is 8. The minimum absolute atomic E-state index is 0.942. The maximum Gasteiger partial charge on any atom is 0.0249 e. The monoisotopic (exact) mass is 398 g/mol. The first-order valence-corrected chi connectivity index (χ1v) is 12.1. The second-order valence-corrected chi connectivity index (χ2v) is 8.95. The Kier molecular flexibility index (Phi) is 9.30. The van der Waals surface area contributed by atoms with Crippen LogP contribution in [0.25, 0.3) is 6.08 Å². The smallest absolute Gasteiger partial charge is 0.0249 e. The van der Waals surface area contributed by atoms with E-state index in [9.17, 15) is 0 Å². The van der Waals surface area contributed by atoms with Crippen LogP contribution in [0.2, 0.25) is 0 Å². The molecule has 0 radical (unpaired) electrons. The molecule has 0 amide bonds. The standard InChI is InChI=1S/C30H38/c1-3-5-7-25-9-13-27(14-10-25)17-19-29-21-23-30(24-22-29)20-18-28-15-11-26(12-16-28)8-6-4-2/h5,7,9-10,13-14,21-24,26,28H,3-4,6,8,11-12,15-16,18,20H2,1-2H3/b7-5+. The third-order valence-electron chi connectivity index (χ3n) is 6.54. The van der Waals surface area contributed by atoms with E-state index in [-0.39, 0.29) is 0 Å². The zero-order valence-electron chi connectivity index (χ0n) is 19.0. The van der Waals surface area contributed by atoms with Gasteiger partial charge in [-0.3, -0.25) is 0 Å². The lowest BCUT2D eigenvalue weighted by molar-refractivity contribution is 0.250. The van der Waals surface area contributed by atoms with Crippen LogP contribution in [0.3, 0.4) is 0 Å². The van der Waals surface area contributed by atoms with Crippen LogP contribution in [-0.2, 0) is 6.42 Å². The molecule has 0 unspecified atom stereocenters. The number of aryl methyl sites for hydroxylation is 1. The Bertz CT molecular complexity index is 818. The van der Waals surface area contributed by atoms with Crippen LogP contribution in [-0.4, -0.2) is 0 Å². The maximum absolute atomic E-state index is 3.31. The summed E-state index contributed by atoms with van der Waals surface area (Å²) >= 11 is 0. The van der Waals surface area contributed by atoms with Gasteiger partial charge in [0.05, 0.1) is 0 Å². The largest absolute Gasteiger partial charge is 0.0842 e. The van der Waals surface area contributed by atoms with Gasteiger partial charge in [0.2, 0.25) is 0 Å². The fraction of sp³-hybridized carbons (Fsp3) is 0.467. The molecule has 3 rings (SSSR count). The van der Waals surface area contributed by atoms with E-state index in [1.165, 1.54) is 68.9 Å². The van der Waals surface area contributed by atoms with Gasteiger partial charge in [-0.25, -0.2) is 0 Å². The Morgan fingerprint density at radius 1 is 0.767 bits per heavy atom.